The van der Waals surface area contributed by atoms with Gasteiger partial charge in [-0.25, -0.2) is 15.0 Å². The molecule has 1 amide bonds. The molecule has 0 saturated carbocycles. The van der Waals surface area contributed by atoms with Crippen LogP contribution in [-0.2, 0) is 16.9 Å². The Balaban J connectivity index is 1.34. The number of methoxy groups -OCH3 is 2. The van der Waals surface area contributed by atoms with Crippen LogP contribution in [0.15, 0.2) is 60.1 Å². The Morgan fingerprint density at radius 3 is 2.73 bits per heavy atom. The fourth-order valence-electron chi connectivity index (χ4n) is 4.31. The van der Waals surface area contributed by atoms with Crippen molar-refractivity contribution in [3.05, 3.63) is 71.2 Å². The first-order valence-electron chi connectivity index (χ1n) is 11.7. The molecule has 37 heavy (non-hydrogen) atoms. The van der Waals surface area contributed by atoms with Crippen LogP contribution in [0.3, 0.4) is 0 Å². The first-order chi connectivity index (χ1) is 17.9. The predicted molar refractivity (Wildman–Crippen MR) is 142 cm³/mol. The average molecular weight is 518 g/mol. The molecule has 4 aromatic rings. The van der Waals surface area contributed by atoms with Crippen LogP contribution in [0.2, 0.25) is 0 Å². The molecular formula is C27H27N5O4S. The normalized spacial score (nSPS) is 17.2. The molecule has 0 radical (unpaired) electrons. The standard InChI is InChI=1S/C27H27N5O4S/c1-32-12-10-27(34,25(32)33)19-6-4-5-17(13-19)24-30-22(16-37-24)21-9-11-28-26(31-21)29-15-18-7-8-20(35-2)14-23(18)36-3/h4-9,11,13-14,16,34H,10,12,15H2,1-3H3,(H,28,29,31)/t27-/m1/s1. The molecule has 9 nitrogen and oxygen atoms in total. The molecule has 0 aliphatic carbocycles. The summed E-state index contributed by atoms with van der Waals surface area (Å²) in [5.41, 5.74) is 2.27. The summed E-state index contributed by atoms with van der Waals surface area (Å²) in [4.78, 5) is 27.8. The van der Waals surface area contributed by atoms with Gasteiger partial charge in [0.05, 0.1) is 19.9 Å². The molecule has 2 aromatic heterocycles. The number of amides is 1. The molecule has 2 N–H and O–H groups in total. The Bertz CT molecular complexity index is 1440. The van der Waals surface area contributed by atoms with Crippen LogP contribution < -0.4 is 14.8 Å². The molecule has 1 fully saturated rings. The lowest BCUT2D eigenvalue weighted by Gasteiger charge is -2.21. The van der Waals surface area contributed by atoms with Gasteiger partial charge in [-0.3, -0.25) is 4.79 Å². The fourth-order valence-corrected chi connectivity index (χ4v) is 5.12. The molecule has 5 rings (SSSR count). The van der Waals surface area contributed by atoms with Gasteiger partial charge in [0.25, 0.3) is 5.91 Å². The van der Waals surface area contributed by atoms with E-state index >= 15 is 0 Å². The maximum atomic E-state index is 12.5. The summed E-state index contributed by atoms with van der Waals surface area (Å²) in [5.74, 6) is 1.63. The van der Waals surface area contributed by atoms with E-state index in [4.69, 9.17) is 14.5 Å². The van der Waals surface area contributed by atoms with E-state index in [9.17, 15) is 9.90 Å². The second-order valence-corrected chi connectivity index (χ2v) is 9.61. The van der Waals surface area contributed by atoms with E-state index in [2.05, 4.69) is 15.3 Å². The van der Waals surface area contributed by atoms with Gasteiger partial charge in [0, 0.05) is 55.3 Å². The highest BCUT2D eigenvalue weighted by molar-refractivity contribution is 7.13. The Hall–Kier alpha value is -4.02. The summed E-state index contributed by atoms with van der Waals surface area (Å²) in [6, 6.07) is 14.8. The van der Waals surface area contributed by atoms with Crippen LogP contribution in [0.5, 0.6) is 11.5 Å². The van der Waals surface area contributed by atoms with Gasteiger partial charge in [0.2, 0.25) is 5.95 Å². The van der Waals surface area contributed by atoms with Crippen LogP contribution in [-0.4, -0.2) is 58.7 Å². The van der Waals surface area contributed by atoms with E-state index in [-0.39, 0.29) is 5.91 Å². The molecule has 190 valence electrons. The van der Waals surface area contributed by atoms with Gasteiger partial charge in [-0.15, -0.1) is 11.3 Å². The van der Waals surface area contributed by atoms with E-state index in [1.54, 1.807) is 38.4 Å². The van der Waals surface area contributed by atoms with Gasteiger partial charge in [-0.1, -0.05) is 18.2 Å². The van der Waals surface area contributed by atoms with Crippen molar-refractivity contribution in [2.24, 2.45) is 0 Å². The molecule has 1 aliphatic rings. The topological polar surface area (TPSA) is 110 Å². The molecule has 1 atom stereocenters. The smallest absolute Gasteiger partial charge is 0.258 e. The van der Waals surface area contributed by atoms with Crippen molar-refractivity contribution in [3.8, 4) is 33.5 Å². The number of aromatic nitrogens is 3. The van der Waals surface area contributed by atoms with Gasteiger partial charge in [0.15, 0.2) is 5.60 Å². The predicted octanol–water partition coefficient (Wildman–Crippen LogP) is 3.95. The number of ether oxygens (including phenoxy) is 2. The Morgan fingerprint density at radius 1 is 1.11 bits per heavy atom. The lowest BCUT2D eigenvalue weighted by Crippen LogP contribution is -2.36. The highest BCUT2D eigenvalue weighted by atomic mass is 32.1. The van der Waals surface area contributed by atoms with E-state index in [1.807, 2.05) is 47.8 Å². The summed E-state index contributed by atoms with van der Waals surface area (Å²) in [6.45, 7) is 0.999. The number of carbonyl (C=O) groups excluding carboxylic acids is 1. The zero-order valence-corrected chi connectivity index (χ0v) is 21.6. The monoisotopic (exact) mass is 517 g/mol. The number of rotatable bonds is 8. The first-order valence-corrected chi connectivity index (χ1v) is 12.6. The van der Waals surface area contributed by atoms with E-state index in [0.29, 0.717) is 48.2 Å². The van der Waals surface area contributed by atoms with Gasteiger partial charge >= 0.3 is 0 Å². The molecule has 0 spiro atoms. The van der Waals surface area contributed by atoms with Gasteiger partial charge < -0.3 is 24.8 Å². The third-order valence-corrected chi connectivity index (χ3v) is 7.34. The van der Waals surface area contributed by atoms with Gasteiger partial charge in [-0.05, 0) is 29.8 Å². The minimum atomic E-state index is -1.50. The number of benzene rings is 2. The number of nitrogens with one attached hydrogen (secondary N) is 1. The van der Waals surface area contributed by atoms with Crippen molar-refractivity contribution >= 4 is 23.2 Å². The minimum Gasteiger partial charge on any atom is -0.497 e. The maximum absolute atomic E-state index is 12.5. The minimum absolute atomic E-state index is 0.280. The highest BCUT2D eigenvalue weighted by Crippen LogP contribution is 2.36. The summed E-state index contributed by atoms with van der Waals surface area (Å²) in [6.07, 6.45) is 2.06. The highest BCUT2D eigenvalue weighted by Gasteiger charge is 2.45. The van der Waals surface area contributed by atoms with Crippen molar-refractivity contribution in [2.45, 2.75) is 18.6 Å². The van der Waals surface area contributed by atoms with Crippen LogP contribution in [0.1, 0.15) is 17.5 Å². The van der Waals surface area contributed by atoms with E-state index in [1.165, 1.54) is 11.3 Å². The van der Waals surface area contributed by atoms with E-state index < -0.39 is 5.60 Å². The van der Waals surface area contributed by atoms with Crippen LogP contribution in [0, 0.1) is 0 Å². The number of nitrogens with zero attached hydrogens (tertiary/aromatic N) is 4. The number of likely N-dealkylation sites (tertiary alicyclic amines) is 1. The zero-order chi connectivity index (χ0) is 26.0. The summed E-state index contributed by atoms with van der Waals surface area (Å²) < 4.78 is 10.7. The summed E-state index contributed by atoms with van der Waals surface area (Å²) in [5, 5.41) is 17.0. The maximum Gasteiger partial charge on any atom is 0.258 e. The number of likely N-dealkylation sites (N-methyl/N-ethyl adjacent to an activating group) is 1. The first kappa shape index (κ1) is 24.7. The number of hydrogen-bond donors (Lipinski definition) is 2. The molecule has 2 aromatic carbocycles. The van der Waals surface area contributed by atoms with Crippen molar-refractivity contribution in [1.82, 2.24) is 19.9 Å². The molecule has 1 aliphatic heterocycles. The fraction of sp³-hybridized carbons (Fsp3) is 0.259. The second kappa shape index (κ2) is 10.2. The second-order valence-electron chi connectivity index (χ2n) is 8.75. The van der Waals surface area contributed by atoms with Gasteiger partial charge in [-0.2, -0.15) is 0 Å². The third-order valence-electron chi connectivity index (χ3n) is 6.45. The Kier molecular flexibility index (Phi) is 6.77. The number of thiazole rings is 1. The van der Waals surface area contributed by atoms with Crippen LogP contribution in [0.4, 0.5) is 5.95 Å². The molecule has 3 heterocycles. The van der Waals surface area contributed by atoms with Crippen molar-refractivity contribution in [3.63, 3.8) is 0 Å². The molecular weight excluding hydrogens is 490 g/mol. The molecule has 10 heteroatoms. The Labute approximate surface area is 218 Å². The zero-order valence-electron chi connectivity index (χ0n) is 20.8. The number of carbonyl (C=O) groups is 1. The lowest BCUT2D eigenvalue weighted by molar-refractivity contribution is -0.143. The number of hydrogen-bond acceptors (Lipinski definition) is 9. The summed E-state index contributed by atoms with van der Waals surface area (Å²) >= 11 is 1.48. The number of anilines is 1. The average Bonchev–Trinajstić information content (AvgIpc) is 3.54. The molecule has 0 bridgehead atoms. The number of aliphatic hydroxyl groups is 1. The Morgan fingerprint density at radius 2 is 1.97 bits per heavy atom. The SMILES string of the molecule is COc1ccc(CNc2nccc(-c3csc(-c4cccc([C@]5(O)CCN(C)C5=O)c4)n3)n2)c(OC)c1. The van der Waals surface area contributed by atoms with Crippen molar-refractivity contribution in [1.29, 1.82) is 0 Å². The van der Waals surface area contributed by atoms with Crippen LogP contribution >= 0.6 is 11.3 Å². The quantitative estimate of drug-likeness (QED) is 0.362. The molecule has 0 unspecified atom stereocenters. The summed E-state index contributed by atoms with van der Waals surface area (Å²) in [7, 11) is 4.94. The molecule has 1 saturated heterocycles. The van der Waals surface area contributed by atoms with Crippen molar-refractivity contribution in [2.75, 3.05) is 33.1 Å². The largest absolute Gasteiger partial charge is 0.497 e. The third kappa shape index (κ3) is 4.85. The lowest BCUT2D eigenvalue weighted by atomic mass is 9.91. The van der Waals surface area contributed by atoms with E-state index in [0.717, 1.165) is 21.9 Å². The van der Waals surface area contributed by atoms with Crippen molar-refractivity contribution < 1.29 is 19.4 Å². The van der Waals surface area contributed by atoms with Gasteiger partial charge in [0.1, 0.15) is 22.2 Å². The van der Waals surface area contributed by atoms with Crippen LogP contribution in [0.25, 0.3) is 22.0 Å².